The Morgan fingerprint density at radius 3 is 1.80 bits per heavy atom. The van der Waals surface area contributed by atoms with Crippen LogP contribution in [-0.2, 0) is 9.53 Å². The number of ether oxygens (including phenoxy) is 1. The minimum absolute atomic E-state index is 0.00831. The van der Waals surface area contributed by atoms with Gasteiger partial charge in [-0.15, -0.1) is 0 Å². The quantitative estimate of drug-likeness (QED) is 0.100. The third-order valence-corrected chi connectivity index (χ3v) is 4.23. The van der Waals surface area contributed by atoms with Crippen LogP contribution in [0.5, 0.6) is 0 Å². The van der Waals surface area contributed by atoms with Crippen LogP contribution in [-0.4, -0.2) is 17.7 Å². The van der Waals surface area contributed by atoms with Crippen molar-refractivity contribution >= 4 is 5.97 Å². The van der Waals surface area contributed by atoms with Crippen LogP contribution < -0.4 is 0 Å². The number of aliphatic hydroxyl groups excluding tert-OH is 1. The van der Waals surface area contributed by atoms with E-state index in [4.69, 9.17) is 9.84 Å². The Morgan fingerprint density at radius 1 is 0.800 bits per heavy atom. The second kappa shape index (κ2) is 19.1. The Hall–Kier alpha value is -1.25. The molecule has 0 rings (SSSR count). The van der Waals surface area contributed by atoms with Gasteiger partial charge in [-0.2, -0.15) is 0 Å². The largest absolute Gasteiger partial charge is 0.512 e. The number of unbranched alkanes of at least 4 members (excludes halogenated alkanes) is 12. The molecule has 3 heteroatoms. The van der Waals surface area contributed by atoms with E-state index >= 15 is 0 Å². The average molecular weight is 353 g/mol. The molecular weight excluding hydrogens is 312 g/mol. The van der Waals surface area contributed by atoms with E-state index in [1.165, 1.54) is 84.0 Å². The van der Waals surface area contributed by atoms with Crippen molar-refractivity contribution in [1.82, 2.24) is 0 Å². The fourth-order valence-corrected chi connectivity index (χ4v) is 2.73. The lowest BCUT2D eigenvalue weighted by Crippen LogP contribution is -2.03. The summed E-state index contributed by atoms with van der Waals surface area (Å²) in [5, 5.41) is 8.92. The highest BCUT2D eigenvalue weighted by atomic mass is 16.5. The summed E-state index contributed by atoms with van der Waals surface area (Å²) in [7, 11) is 0. The van der Waals surface area contributed by atoms with E-state index in [2.05, 4.69) is 19.1 Å². The summed E-state index contributed by atoms with van der Waals surface area (Å²) < 4.78 is 4.99. The normalized spacial score (nSPS) is 12.0. The summed E-state index contributed by atoms with van der Waals surface area (Å²) in [6.07, 6.45) is 23.6. The van der Waals surface area contributed by atoms with Gasteiger partial charge in [0.15, 0.2) is 0 Å². The molecule has 0 saturated carbocycles. The Morgan fingerprint density at radius 2 is 1.28 bits per heavy atom. The predicted molar refractivity (Wildman–Crippen MR) is 107 cm³/mol. The molecule has 0 fully saturated rings. The standard InChI is InChI=1S/C22H40O3/c1-3-4-5-6-7-8-9-10-11-12-13-14-15-16-17-18-19-25-22(24)20-21(2)23/h10-11,20,23H,3-9,12-19H2,1-2H3/b11-10+,21-20?. The van der Waals surface area contributed by atoms with E-state index in [0.717, 1.165) is 18.9 Å². The maximum Gasteiger partial charge on any atom is 0.334 e. The smallest absolute Gasteiger partial charge is 0.334 e. The van der Waals surface area contributed by atoms with E-state index < -0.39 is 5.97 Å². The molecule has 0 bridgehead atoms. The van der Waals surface area contributed by atoms with Crippen LogP contribution in [0.1, 0.15) is 104 Å². The zero-order valence-corrected chi connectivity index (χ0v) is 16.6. The molecule has 0 aromatic rings. The summed E-state index contributed by atoms with van der Waals surface area (Å²) in [6, 6.07) is 0. The first kappa shape index (κ1) is 23.8. The van der Waals surface area contributed by atoms with E-state index in [0.29, 0.717) is 6.61 Å². The van der Waals surface area contributed by atoms with Gasteiger partial charge in [0.2, 0.25) is 0 Å². The second-order valence-electron chi connectivity index (χ2n) is 6.89. The van der Waals surface area contributed by atoms with Crippen LogP contribution in [0.4, 0.5) is 0 Å². The first-order valence-electron chi connectivity index (χ1n) is 10.4. The van der Waals surface area contributed by atoms with Crippen molar-refractivity contribution < 1.29 is 14.6 Å². The summed E-state index contributed by atoms with van der Waals surface area (Å²) >= 11 is 0. The third-order valence-electron chi connectivity index (χ3n) is 4.23. The molecule has 0 aliphatic rings. The highest BCUT2D eigenvalue weighted by Crippen LogP contribution is 2.10. The molecule has 0 saturated heterocycles. The summed E-state index contributed by atoms with van der Waals surface area (Å²) in [5.41, 5.74) is 0. The van der Waals surface area contributed by atoms with Gasteiger partial charge < -0.3 is 9.84 Å². The van der Waals surface area contributed by atoms with Crippen molar-refractivity contribution in [3.63, 3.8) is 0 Å². The number of hydrogen-bond donors (Lipinski definition) is 1. The van der Waals surface area contributed by atoms with E-state index in [9.17, 15) is 4.79 Å². The maximum absolute atomic E-state index is 11.1. The number of carbonyl (C=O) groups is 1. The van der Waals surface area contributed by atoms with Gasteiger partial charge in [-0.1, -0.05) is 76.9 Å². The zero-order chi connectivity index (χ0) is 18.6. The first-order valence-corrected chi connectivity index (χ1v) is 10.4. The number of allylic oxidation sites excluding steroid dienone is 3. The molecule has 1 N–H and O–H groups in total. The predicted octanol–water partition coefficient (Wildman–Crippen LogP) is 7.03. The lowest BCUT2D eigenvalue weighted by atomic mass is 10.1. The summed E-state index contributed by atoms with van der Waals surface area (Å²) in [4.78, 5) is 11.1. The molecule has 0 amide bonds. The Kier molecular flexibility index (Phi) is 18.1. The molecule has 0 aromatic heterocycles. The minimum Gasteiger partial charge on any atom is -0.512 e. The van der Waals surface area contributed by atoms with Crippen molar-refractivity contribution in [2.24, 2.45) is 0 Å². The number of aliphatic hydroxyl groups is 1. The lowest BCUT2D eigenvalue weighted by Gasteiger charge is -2.02. The van der Waals surface area contributed by atoms with Crippen LogP contribution >= 0.6 is 0 Å². The SMILES string of the molecule is CCCCCCCC/C=C/CCCCCCCCOC(=O)C=C(C)O. The molecule has 0 aliphatic carbocycles. The van der Waals surface area contributed by atoms with Crippen LogP contribution in [0.2, 0.25) is 0 Å². The van der Waals surface area contributed by atoms with Gasteiger partial charge in [-0.3, -0.25) is 0 Å². The van der Waals surface area contributed by atoms with Gasteiger partial charge >= 0.3 is 5.97 Å². The molecule has 0 unspecified atom stereocenters. The monoisotopic (exact) mass is 352 g/mol. The van der Waals surface area contributed by atoms with Crippen molar-refractivity contribution in [1.29, 1.82) is 0 Å². The molecular formula is C22H40O3. The van der Waals surface area contributed by atoms with E-state index in [-0.39, 0.29) is 5.76 Å². The number of hydrogen-bond acceptors (Lipinski definition) is 3. The minimum atomic E-state index is -0.451. The molecule has 146 valence electrons. The number of rotatable bonds is 17. The van der Waals surface area contributed by atoms with Crippen LogP contribution in [0, 0.1) is 0 Å². The number of carbonyl (C=O) groups excluding carboxylic acids is 1. The second-order valence-corrected chi connectivity index (χ2v) is 6.89. The average Bonchev–Trinajstić information content (AvgIpc) is 2.57. The molecule has 3 nitrogen and oxygen atoms in total. The van der Waals surface area contributed by atoms with Crippen LogP contribution in [0.25, 0.3) is 0 Å². The number of esters is 1. The Labute approximate surface area is 155 Å². The molecule has 0 spiro atoms. The fourth-order valence-electron chi connectivity index (χ4n) is 2.73. The Bertz CT molecular complexity index is 354. The van der Waals surface area contributed by atoms with Gasteiger partial charge in [0.1, 0.15) is 0 Å². The van der Waals surface area contributed by atoms with Crippen molar-refractivity contribution in [3.05, 3.63) is 24.0 Å². The fraction of sp³-hybridized carbons (Fsp3) is 0.773. The van der Waals surface area contributed by atoms with Gasteiger partial charge in [0.25, 0.3) is 0 Å². The van der Waals surface area contributed by atoms with Gasteiger partial charge in [0.05, 0.1) is 18.4 Å². The van der Waals surface area contributed by atoms with E-state index in [1.54, 1.807) is 0 Å². The first-order chi connectivity index (χ1) is 12.2. The summed E-state index contributed by atoms with van der Waals surface area (Å²) in [6.45, 7) is 4.17. The highest BCUT2D eigenvalue weighted by molar-refractivity contribution is 5.82. The lowest BCUT2D eigenvalue weighted by molar-refractivity contribution is -0.138. The topological polar surface area (TPSA) is 46.5 Å². The van der Waals surface area contributed by atoms with Gasteiger partial charge in [-0.25, -0.2) is 4.79 Å². The highest BCUT2D eigenvalue weighted by Gasteiger charge is 1.98. The zero-order valence-electron chi connectivity index (χ0n) is 16.6. The molecule has 0 atom stereocenters. The summed E-state index contributed by atoms with van der Waals surface area (Å²) in [5.74, 6) is -0.459. The molecule has 0 heterocycles. The van der Waals surface area contributed by atoms with Crippen molar-refractivity contribution in [2.45, 2.75) is 104 Å². The molecule has 0 aromatic carbocycles. The van der Waals surface area contributed by atoms with Crippen LogP contribution in [0.3, 0.4) is 0 Å². The van der Waals surface area contributed by atoms with Crippen molar-refractivity contribution in [2.75, 3.05) is 6.61 Å². The molecule has 0 aliphatic heterocycles. The van der Waals surface area contributed by atoms with Gasteiger partial charge in [-0.05, 0) is 39.0 Å². The Balaban J connectivity index is 3.19. The third kappa shape index (κ3) is 20.7. The van der Waals surface area contributed by atoms with Crippen molar-refractivity contribution in [3.8, 4) is 0 Å². The maximum atomic E-state index is 11.1. The van der Waals surface area contributed by atoms with E-state index in [1.807, 2.05) is 0 Å². The molecule has 25 heavy (non-hydrogen) atoms. The molecule has 0 radical (unpaired) electrons. The van der Waals surface area contributed by atoms with Gasteiger partial charge in [0, 0.05) is 0 Å². The van der Waals surface area contributed by atoms with Crippen LogP contribution in [0.15, 0.2) is 24.0 Å².